The number of carbonyl (C=O) groups excluding carboxylic acids is 2. The molecule has 1 fully saturated rings. The average molecular weight is 464 g/mol. The molecule has 0 aromatic heterocycles. The van der Waals surface area contributed by atoms with Gasteiger partial charge in [-0.3, -0.25) is 9.69 Å². The molecule has 178 valence electrons. The van der Waals surface area contributed by atoms with E-state index in [0.29, 0.717) is 30.2 Å². The van der Waals surface area contributed by atoms with Crippen LogP contribution in [0.5, 0.6) is 11.5 Å². The Labute approximate surface area is 199 Å². The lowest BCUT2D eigenvalue weighted by molar-refractivity contribution is -0.149. The lowest BCUT2D eigenvalue weighted by Gasteiger charge is -2.34. The number of amides is 1. The Balaban J connectivity index is 1.42. The smallest absolute Gasteiger partial charge is 0.331 e. The highest BCUT2D eigenvalue weighted by atomic mass is 16.5. The van der Waals surface area contributed by atoms with Crippen LogP contribution in [0.2, 0.25) is 0 Å². The molecule has 3 rings (SSSR count). The van der Waals surface area contributed by atoms with Crippen LogP contribution < -0.4 is 9.47 Å². The molecule has 1 saturated heterocycles. The first kappa shape index (κ1) is 24.8. The van der Waals surface area contributed by atoms with Gasteiger partial charge >= 0.3 is 5.97 Å². The zero-order valence-corrected chi connectivity index (χ0v) is 19.5. The van der Waals surface area contributed by atoms with Gasteiger partial charge in [0.1, 0.15) is 6.07 Å². The molecule has 1 amide bonds. The lowest BCUT2D eigenvalue weighted by Crippen LogP contribution is -2.49. The molecule has 2 aromatic rings. The maximum absolute atomic E-state index is 12.4. The average Bonchev–Trinajstić information content (AvgIpc) is 2.85. The third kappa shape index (κ3) is 7.36. The van der Waals surface area contributed by atoms with Crippen LogP contribution in [-0.2, 0) is 20.9 Å². The summed E-state index contributed by atoms with van der Waals surface area (Å²) in [6, 6.07) is 15.4. The summed E-state index contributed by atoms with van der Waals surface area (Å²) in [5.74, 6) is 0.0867. The summed E-state index contributed by atoms with van der Waals surface area (Å²) in [4.78, 5) is 28.6. The minimum absolute atomic E-state index is 0.0896. The fraction of sp³-hybridized carbons (Fsp3) is 0.346. The first-order chi connectivity index (χ1) is 16.5. The Hall–Kier alpha value is -3.83. The number of esters is 1. The van der Waals surface area contributed by atoms with Gasteiger partial charge in [0.15, 0.2) is 24.7 Å². The minimum atomic E-state index is -0.602. The highest BCUT2D eigenvalue weighted by molar-refractivity contribution is 5.89. The highest BCUT2D eigenvalue weighted by Crippen LogP contribution is 2.28. The number of piperazine rings is 1. The van der Waals surface area contributed by atoms with Crippen molar-refractivity contribution in [1.29, 1.82) is 5.26 Å². The second kappa shape index (κ2) is 12.4. The summed E-state index contributed by atoms with van der Waals surface area (Å²) in [6.45, 7) is 5.35. The van der Waals surface area contributed by atoms with Crippen LogP contribution in [0.25, 0.3) is 6.08 Å². The van der Waals surface area contributed by atoms with E-state index in [9.17, 15) is 9.59 Å². The van der Waals surface area contributed by atoms with Gasteiger partial charge in [-0.2, -0.15) is 5.26 Å². The Morgan fingerprint density at radius 2 is 1.88 bits per heavy atom. The van der Waals surface area contributed by atoms with E-state index < -0.39 is 5.97 Å². The number of aryl methyl sites for hydroxylation is 1. The number of benzene rings is 2. The number of nitrogens with zero attached hydrogens (tertiary/aromatic N) is 3. The fourth-order valence-corrected chi connectivity index (χ4v) is 3.68. The summed E-state index contributed by atoms with van der Waals surface area (Å²) in [5.41, 5.74) is 3.19. The van der Waals surface area contributed by atoms with Gasteiger partial charge in [0, 0.05) is 38.8 Å². The third-order valence-corrected chi connectivity index (χ3v) is 5.44. The van der Waals surface area contributed by atoms with Crippen molar-refractivity contribution in [3.8, 4) is 17.6 Å². The van der Waals surface area contributed by atoms with Gasteiger partial charge in [-0.15, -0.1) is 0 Å². The molecule has 2 aromatic carbocycles. The highest BCUT2D eigenvalue weighted by Gasteiger charge is 2.21. The van der Waals surface area contributed by atoms with Crippen LogP contribution in [0.3, 0.4) is 0 Å². The summed E-state index contributed by atoms with van der Waals surface area (Å²) >= 11 is 0. The molecule has 1 aliphatic rings. The van der Waals surface area contributed by atoms with Gasteiger partial charge in [0.2, 0.25) is 0 Å². The topological polar surface area (TPSA) is 92.1 Å². The monoisotopic (exact) mass is 463 g/mol. The van der Waals surface area contributed by atoms with Crippen LogP contribution in [0.4, 0.5) is 0 Å². The van der Waals surface area contributed by atoms with Crippen LogP contribution in [0.1, 0.15) is 16.7 Å². The second-order valence-electron chi connectivity index (χ2n) is 7.94. The maximum atomic E-state index is 12.4. The molecule has 34 heavy (non-hydrogen) atoms. The normalized spacial score (nSPS) is 14.0. The number of hydrogen-bond acceptors (Lipinski definition) is 7. The van der Waals surface area contributed by atoms with E-state index in [1.807, 2.05) is 6.07 Å². The largest absolute Gasteiger partial charge is 0.493 e. The fourth-order valence-electron chi connectivity index (χ4n) is 3.68. The number of nitriles is 1. The van der Waals surface area contributed by atoms with Gasteiger partial charge in [-0.25, -0.2) is 4.79 Å². The number of methoxy groups -OCH3 is 1. The van der Waals surface area contributed by atoms with Gasteiger partial charge in [-0.05, 0) is 36.3 Å². The minimum Gasteiger partial charge on any atom is -0.493 e. The SMILES string of the molecule is COc1cc(/C=C/C(=O)OCC(=O)N2CCN(Cc3cccc(C)c3)CC2)ccc1OCC#N. The van der Waals surface area contributed by atoms with Crippen molar-refractivity contribution in [2.24, 2.45) is 0 Å². The molecule has 8 heteroatoms. The van der Waals surface area contributed by atoms with E-state index >= 15 is 0 Å². The zero-order valence-electron chi connectivity index (χ0n) is 19.5. The molecule has 0 spiro atoms. The number of ether oxygens (including phenoxy) is 3. The van der Waals surface area contributed by atoms with Crippen molar-refractivity contribution in [3.63, 3.8) is 0 Å². The van der Waals surface area contributed by atoms with Crippen LogP contribution in [0, 0.1) is 18.3 Å². The quantitative estimate of drug-likeness (QED) is 0.417. The van der Waals surface area contributed by atoms with Crippen molar-refractivity contribution >= 4 is 18.0 Å². The van der Waals surface area contributed by atoms with Crippen LogP contribution in [-0.4, -0.2) is 68.2 Å². The molecule has 0 radical (unpaired) electrons. The molecule has 1 aliphatic heterocycles. The van der Waals surface area contributed by atoms with Crippen molar-refractivity contribution in [3.05, 3.63) is 65.2 Å². The van der Waals surface area contributed by atoms with E-state index in [1.165, 1.54) is 24.3 Å². The molecular formula is C26H29N3O5. The van der Waals surface area contributed by atoms with E-state index in [0.717, 1.165) is 19.6 Å². The first-order valence-electron chi connectivity index (χ1n) is 11.1. The molecule has 0 aliphatic carbocycles. The van der Waals surface area contributed by atoms with E-state index in [2.05, 4.69) is 36.1 Å². The molecular weight excluding hydrogens is 434 g/mol. The van der Waals surface area contributed by atoms with Crippen LogP contribution >= 0.6 is 0 Å². The van der Waals surface area contributed by atoms with Gasteiger partial charge < -0.3 is 19.1 Å². The molecule has 1 heterocycles. The molecule has 0 saturated carbocycles. The van der Waals surface area contributed by atoms with Crippen molar-refractivity contribution < 1.29 is 23.8 Å². The number of rotatable bonds is 9. The molecule has 0 unspecified atom stereocenters. The van der Waals surface area contributed by atoms with Crippen LogP contribution in [0.15, 0.2) is 48.5 Å². The summed E-state index contributed by atoms with van der Waals surface area (Å²) in [6.07, 6.45) is 2.82. The molecule has 0 bridgehead atoms. The van der Waals surface area contributed by atoms with E-state index in [1.54, 1.807) is 29.2 Å². The maximum Gasteiger partial charge on any atom is 0.331 e. The van der Waals surface area contributed by atoms with Crippen molar-refractivity contribution in [1.82, 2.24) is 9.80 Å². The standard InChI is InChI=1S/C26H29N3O5/c1-20-4-3-5-22(16-20)18-28-11-13-29(14-12-28)25(30)19-34-26(31)9-7-21-6-8-23(33-15-10-27)24(17-21)32-2/h3-9,16-17H,11-15,18-19H2,1-2H3/b9-7+. The summed E-state index contributed by atoms with van der Waals surface area (Å²) < 4.78 is 15.6. The van der Waals surface area contributed by atoms with E-state index in [4.69, 9.17) is 19.5 Å². The van der Waals surface area contributed by atoms with Gasteiger partial charge in [0.05, 0.1) is 7.11 Å². The first-order valence-corrected chi connectivity index (χ1v) is 11.1. The summed E-state index contributed by atoms with van der Waals surface area (Å²) in [5, 5.41) is 8.63. The molecule has 0 N–H and O–H groups in total. The van der Waals surface area contributed by atoms with Crippen molar-refractivity contribution in [2.75, 3.05) is 46.5 Å². The Bertz CT molecular complexity index is 1070. The van der Waals surface area contributed by atoms with Gasteiger partial charge in [-0.1, -0.05) is 35.9 Å². The third-order valence-electron chi connectivity index (χ3n) is 5.44. The number of carbonyl (C=O) groups is 2. The zero-order chi connectivity index (χ0) is 24.3. The molecule has 0 atom stereocenters. The second-order valence-corrected chi connectivity index (χ2v) is 7.94. The Morgan fingerprint density at radius 3 is 2.59 bits per heavy atom. The van der Waals surface area contributed by atoms with Gasteiger partial charge in [0.25, 0.3) is 5.91 Å². The number of hydrogen-bond donors (Lipinski definition) is 0. The predicted octanol–water partition coefficient (Wildman–Crippen LogP) is 2.81. The molecule has 8 nitrogen and oxygen atoms in total. The van der Waals surface area contributed by atoms with E-state index in [-0.39, 0.29) is 19.1 Å². The Kier molecular flexibility index (Phi) is 9.06. The summed E-state index contributed by atoms with van der Waals surface area (Å²) in [7, 11) is 1.49. The lowest BCUT2D eigenvalue weighted by atomic mass is 10.1. The predicted molar refractivity (Wildman–Crippen MR) is 127 cm³/mol. The Morgan fingerprint density at radius 1 is 1.09 bits per heavy atom. The van der Waals surface area contributed by atoms with Crippen molar-refractivity contribution in [2.45, 2.75) is 13.5 Å².